The number of amides is 1. The van der Waals surface area contributed by atoms with Gasteiger partial charge >= 0.3 is 0 Å². The molecule has 192 valence electrons. The molecule has 0 unspecified atom stereocenters. The maximum Gasteiger partial charge on any atom is 0.227 e. The summed E-state index contributed by atoms with van der Waals surface area (Å²) in [5.41, 5.74) is 1.76. The van der Waals surface area contributed by atoms with Crippen molar-refractivity contribution < 1.29 is 23.7 Å². The van der Waals surface area contributed by atoms with Gasteiger partial charge in [0.2, 0.25) is 5.91 Å². The highest BCUT2D eigenvalue weighted by atomic mass is 16.5. The highest BCUT2D eigenvalue weighted by molar-refractivity contribution is 5.92. The molecule has 2 heterocycles. The van der Waals surface area contributed by atoms with Gasteiger partial charge in [0.05, 0.1) is 31.8 Å². The van der Waals surface area contributed by atoms with Crippen molar-refractivity contribution >= 4 is 22.6 Å². The summed E-state index contributed by atoms with van der Waals surface area (Å²) in [4.78, 5) is 26.0. The Bertz CT molecular complexity index is 1160. The van der Waals surface area contributed by atoms with Crippen LogP contribution in [0.4, 0.5) is 5.82 Å². The predicted octanol–water partition coefficient (Wildman–Crippen LogP) is 3.34. The van der Waals surface area contributed by atoms with E-state index < -0.39 is 0 Å². The van der Waals surface area contributed by atoms with Gasteiger partial charge in [0.1, 0.15) is 24.5 Å². The van der Waals surface area contributed by atoms with Crippen molar-refractivity contribution in [2.24, 2.45) is 0 Å². The van der Waals surface area contributed by atoms with Gasteiger partial charge in [0.15, 0.2) is 11.5 Å². The van der Waals surface area contributed by atoms with E-state index in [4.69, 9.17) is 18.9 Å². The van der Waals surface area contributed by atoms with Gasteiger partial charge in [-0.25, -0.2) is 9.97 Å². The van der Waals surface area contributed by atoms with Crippen LogP contribution in [0.5, 0.6) is 17.2 Å². The van der Waals surface area contributed by atoms with Gasteiger partial charge in [-0.15, -0.1) is 0 Å². The van der Waals surface area contributed by atoms with Crippen LogP contribution in [0.1, 0.15) is 19.4 Å². The van der Waals surface area contributed by atoms with Gasteiger partial charge in [-0.1, -0.05) is 12.1 Å². The van der Waals surface area contributed by atoms with E-state index in [1.807, 2.05) is 55.1 Å². The first-order chi connectivity index (χ1) is 17.5. The van der Waals surface area contributed by atoms with Crippen molar-refractivity contribution in [3.05, 3.63) is 48.3 Å². The number of nitrogens with zero attached hydrogens (tertiary/aromatic N) is 4. The Hall–Kier alpha value is -3.59. The summed E-state index contributed by atoms with van der Waals surface area (Å²) in [5.74, 6) is 3.00. The Kier molecular flexibility index (Phi) is 8.43. The van der Waals surface area contributed by atoms with Crippen molar-refractivity contribution in [1.82, 2.24) is 14.9 Å². The number of rotatable bonds is 10. The highest BCUT2D eigenvalue weighted by Crippen LogP contribution is 2.35. The van der Waals surface area contributed by atoms with E-state index in [0.29, 0.717) is 57.3 Å². The van der Waals surface area contributed by atoms with Crippen LogP contribution in [0.25, 0.3) is 10.9 Å². The molecule has 3 aromatic rings. The molecule has 0 radical (unpaired) electrons. The molecular weight excluding hydrogens is 460 g/mol. The molecule has 4 rings (SSSR count). The van der Waals surface area contributed by atoms with Crippen LogP contribution in [-0.2, 0) is 16.0 Å². The molecular formula is C27H34N4O5. The smallest absolute Gasteiger partial charge is 0.227 e. The topological polar surface area (TPSA) is 86.3 Å². The lowest BCUT2D eigenvalue weighted by atomic mass is 10.1. The molecule has 1 amide bonds. The molecule has 1 aliphatic heterocycles. The van der Waals surface area contributed by atoms with E-state index in [1.165, 1.54) is 0 Å². The standard InChI is InChI=1S/C27H34N4O5/c1-19(2)36-21-7-5-20(6-8-21)15-26(32)30-9-11-31(12-10-30)27-22-16-24(34-4)25(35-14-13-33-3)17-23(22)28-18-29-27/h5-8,16-19H,9-15H2,1-4H3. The largest absolute Gasteiger partial charge is 0.493 e. The van der Waals surface area contributed by atoms with Crippen molar-refractivity contribution in [3.8, 4) is 17.2 Å². The second-order valence-corrected chi connectivity index (χ2v) is 8.91. The predicted molar refractivity (Wildman–Crippen MR) is 138 cm³/mol. The number of fused-ring (bicyclic) bond motifs is 1. The zero-order chi connectivity index (χ0) is 25.5. The van der Waals surface area contributed by atoms with Crippen molar-refractivity contribution in [2.75, 3.05) is 58.5 Å². The average Bonchev–Trinajstić information content (AvgIpc) is 2.89. The summed E-state index contributed by atoms with van der Waals surface area (Å²) in [6.07, 6.45) is 2.06. The first-order valence-corrected chi connectivity index (χ1v) is 12.2. The van der Waals surface area contributed by atoms with Gasteiger partial charge in [-0.3, -0.25) is 4.79 Å². The molecule has 9 nitrogen and oxygen atoms in total. The lowest BCUT2D eigenvalue weighted by Gasteiger charge is -2.36. The zero-order valence-corrected chi connectivity index (χ0v) is 21.4. The van der Waals surface area contributed by atoms with E-state index in [-0.39, 0.29) is 12.0 Å². The summed E-state index contributed by atoms with van der Waals surface area (Å²) < 4.78 is 22.1. The maximum absolute atomic E-state index is 12.9. The monoisotopic (exact) mass is 494 g/mol. The van der Waals surface area contributed by atoms with E-state index in [1.54, 1.807) is 20.5 Å². The van der Waals surface area contributed by atoms with Gasteiger partial charge < -0.3 is 28.7 Å². The average molecular weight is 495 g/mol. The van der Waals surface area contributed by atoms with E-state index >= 15 is 0 Å². The van der Waals surface area contributed by atoms with Crippen LogP contribution in [0, 0.1) is 0 Å². The third kappa shape index (κ3) is 6.15. The zero-order valence-electron chi connectivity index (χ0n) is 21.4. The number of carbonyl (C=O) groups excluding carboxylic acids is 1. The summed E-state index contributed by atoms with van der Waals surface area (Å²) in [5, 5.41) is 0.886. The number of piperazine rings is 1. The lowest BCUT2D eigenvalue weighted by Crippen LogP contribution is -2.49. The molecule has 0 saturated carbocycles. The maximum atomic E-state index is 12.9. The van der Waals surface area contributed by atoms with Crippen molar-refractivity contribution in [2.45, 2.75) is 26.4 Å². The Balaban J connectivity index is 1.40. The number of ether oxygens (including phenoxy) is 4. The molecule has 36 heavy (non-hydrogen) atoms. The highest BCUT2D eigenvalue weighted by Gasteiger charge is 2.24. The summed E-state index contributed by atoms with van der Waals surface area (Å²) in [6, 6.07) is 11.5. The van der Waals surface area contributed by atoms with Crippen molar-refractivity contribution in [3.63, 3.8) is 0 Å². The van der Waals surface area contributed by atoms with E-state index in [2.05, 4.69) is 14.9 Å². The number of methoxy groups -OCH3 is 2. The fourth-order valence-electron chi connectivity index (χ4n) is 4.22. The first kappa shape index (κ1) is 25.5. The minimum Gasteiger partial charge on any atom is -0.493 e. The second kappa shape index (κ2) is 11.9. The molecule has 9 heteroatoms. The summed E-state index contributed by atoms with van der Waals surface area (Å²) in [7, 11) is 3.25. The number of hydrogen-bond donors (Lipinski definition) is 0. The fraction of sp³-hybridized carbons (Fsp3) is 0.444. The Morgan fingerprint density at radius 3 is 2.39 bits per heavy atom. The second-order valence-electron chi connectivity index (χ2n) is 8.91. The number of anilines is 1. The number of aromatic nitrogens is 2. The molecule has 2 aromatic carbocycles. The SMILES string of the molecule is COCCOc1cc2ncnc(N3CCN(C(=O)Cc4ccc(OC(C)C)cc4)CC3)c2cc1OC. The minimum atomic E-state index is 0.123. The molecule has 0 atom stereocenters. The Morgan fingerprint density at radius 1 is 0.972 bits per heavy atom. The first-order valence-electron chi connectivity index (χ1n) is 12.2. The molecule has 0 aliphatic carbocycles. The molecule has 1 saturated heterocycles. The number of carbonyl (C=O) groups is 1. The van der Waals surface area contributed by atoms with Crippen molar-refractivity contribution in [1.29, 1.82) is 0 Å². The van der Waals surface area contributed by atoms with Crippen LogP contribution in [0.15, 0.2) is 42.7 Å². The van der Waals surface area contributed by atoms with Crippen LogP contribution in [0.3, 0.4) is 0 Å². The van der Waals surface area contributed by atoms with Crippen LogP contribution in [-0.4, -0.2) is 80.5 Å². The molecule has 1 aromatic heterocycles. The van der Waals surface area contributed by atoms with Gasteiger partial charge in [0.25, 0.3) is 0 Å². The summed E-state index contributed by atoms with van der Waals surface area (Å²) in [6.45, 7) is 7.53. The number of benzene rings is 2. The van der Waals surface area contributed by atoms with E-state index in [0.717, 1.165) is 28.0 Å². The molecule has 0 spiro atoms. The quantitative estimate of drug-likeness (QED) is 0.397. The lowest BCUT2D eigenvalue weighted by molar-refractivity contribution is -0.130. The third-order valence-corrected chi connectivity index (χ3v) is 6.03. The minimum absolute atomic E-state index is 0.123. The molecule has 1 fully saturated rings. The van der Waals surface area contributed by atoms with Crippen LogP contribution < -0.4 is 19.1 Å². The van der Waals surface area contributed by atoms with Gasteiger partial charge in [-0.2, -0.15) is 0 Å². The van der Waals surface area contributed by atoms with E-state index in [9.17, 15) is 4.79 Å². The molecule has 1 aliphatic rings. The van der Waals surface area contributed by atoms with Crippen LogP contribution in [0.2, 0.25) is 0 Å². The third-order valence-electron chi connectivity index (χ3n) is 6.03. The molecule has 0 N–H and O–H groups in total. The van der Waals surface area contributed by atoms with Crippen LogP contribution >= 0.6 is 0 Å². The fourth-order valence-corrected chi connectivity index (χ4v) is 4.22. The summed E-state index contributed by atoms with van der Waals surface area (Å²) >= 11 is 0. The van der Waals surface area contributed by atoms with Gasteiger partial charge in [0, 0.05) is 44.7 Å². The molecule has 0 bridgehead atoms. The van der Waals surface area contributed by atoms with Gasteiger partial charge in [-0.05, 0) is 37.6 Å². The normalized spacial score (nSPS) is 13.8. The Labute approximate surface area is 211 Å². The Morgan fingerprint density at radius 2 is 1.72 bits per heavy atom. The number of hydrogen-bond acceptors (Lipinski definition) is 8.